The van der Waals surface area contributed by atoms with Crippen LogP contribution in [-0.2, 0) is 0 Å². The molecule has 1 aliphatic rings. The van der Waals surface area contributed by atoms with E-state index >= 15 is 0 Å². The second-order valence-electron chi connectivity index (χ2n) is 5.61. The molecule has 8 heteroatoms. The molecule has 1 aromatic heterocycles. The Labute approximate surface area is 137 Å². The van der Waals surface area contributed by atoms with Crippen molar-refractivity contribution in [2.24, 2.45) is 5.92 Å². The van der Waals surface area contributed by atoms with E-state index in [2.05, 4.69) is 15.0 Å². The number of rotatable bonds is 6. The summed E-state index contributed by atoms with van der Waals surface area (Å²) in [7, 11) is 0. The first kappa shape index (κ1) is 17.8. The van der Waals surface area contributed by atoms with Crippen LogP contribution in [-0.4, -0.2) is 30.2 Å². The van der Waals surface area contributed by atoms with Gasteiger partial charge in [-0.1, -0.05) is 37.3 Å². The highest BCUT2D eigenvalue weighted by molar-refractivity contribution is 6.32. The highest BCUT2D eigenvalue weighted by atomic mass is 35.5. The smallest absolute Gasteiger partial charge is 0.422 e. The Kier molecular flexibility index (Phi) is 6.10. The zero-order valence-electron chi connectivity index (χ0n) is 12.5. The van der Waals surface area contributed by atoms with Crippen molar-refractivity contribution >= 4 is 17.5 Å². The van der Waals surface area contributed by atoms with Crippen molar-refractivity contribution in [1.82, 2.24) is 10.3 Å². The van der Waals surface area contributed by atoms with Gasteiger partial charge in [0.2, 0.25) is 5.88 Å². The molecular weight excluding hydrogens is 333 g/mol. The van der Waals surface area contributed by atoms with Crippen molar-refractivity contribution in [3.05, 3.63) is 22.8 Å². The van der Waals surface area contributed by atoms with E-state index in [1.54, 1.807) is 0 Å². The number of aromatic nitrogens is 1. The molecule has 0 atom stereocenters. The normalized spacial score (nSPS) is 15.7. The molecule has 0 unspecified atom stereocenters. The van der Waals surface area contributed by atoms with Crippen molar-refractivity contribution in [3.8, 4) is 5.88 Å². The van der Waals surface area contributed by atoms with Crippen LogP contribution in [0.25, 0.3) is 0 Å². The van der Waals surface area contributed by atoms with Crippen LogP contribution in [0.2, 0.25) is 5.02 Å². The van der Waals surface area contributed by atoms with Crippen LogP contribution in [0.5, 0.6) is 5.88 Å². The highest BCUT2D eigenvalue weighted by Gasteiger charge is 2.29. The molecule has 0 aromatic carbocycles. The molecule has 1 fully saturated rings. The van der Waals surface area contributed by atoms with Gasteiger partial charge < -0.3 is 10.1 Å². The van der Waals surface area contributed by atoms with Gasteiger partial charge in [0.15, 0.2) is 6.61 Å². The van der Waals surface area contributed by atoms with Crippen LogP contribution in [0, 0.1) is 5.92 Å². The fourth-order valence-corrected chi connectivity index (χ4v) is 2.82. The summed E-state index contributed by atoms with van der Waals surface area (Å²) < 4.78 is 40.7. The maximum atomic E-state index is 12.1. The lowest BCUT2D eigenvalue weighted by molar-refractivity contribution is -0.154. The summed E-state index contributed by atoms with van der Waals surface area (Å²) in [6, 6.07) is 1.26. The molecule has 2 rings (SSSR count). The number of ether oxygens (including phenoxy) is 1. The lowest BCUT2D eigenvalue weighted by atomic mass is 10.0. The lowest BCUT2D eigenvalue weighted by Gasteiger charge is -2.11. The molecule has 4 nitrogen and oxygen atoms in total. The molecule has 23 heavy (non-hydrogen) atoms. The number of alkyl halides is 3. The number of nitrogens with one attached hydrogen (secondary N) is 1. The van der Waals surface area contributed by atoms with Crippen molar-refractivity contribution < 1.29 is 22.7 Å². The standard InChI is InChI=1S/C15H18ClF3N2O2/c16-12-7-11(8-21-14(12)23-9-15(17,18)19)13(22)20-6-5-10-3-1-2-4-10/h7-8,10H,1-6,9H2,(H,20,22). The predicted octanol–water partition coefficient (Wildman–Crippen LogP) is 3.99. The summed E-state index contributed by atoms with van der Waals surface area (Å²) in [6.07, 6.45) is 2.52. The van der Waals surface area contributed by atoms with Crippen molar-refractivity contribution in [3.63, 3.8) is 0 Å². The van der Waals surface area contributed by atoms with Gasteiger partial charge in [-0.25, -0.2) is 4.98 Å². The first-order chi connectivity index (χ1) is 10.8. The molecule has 1 saturated carbocycles. The third-order valence-electron chi connectivity index (χ3n) is 3.76. The monoisotopic (exact) mass is 350 g/mol. The van der Waals surface area contributed by atoms with Crippen LogP contribution in [0.15, 0.2) is 12.3 Å². The van der Waals surface area contributed by atoms with Gasteiger partial charge in [-0.05, 0) is 18.4 Å². The number of carbonyl (C=O) groups excluding carboxylic acids is 1. The number of amides is 1. The number of carbonyl (C=O) groups is 1. The van der Waals surface area contributed by atoms with Gasteiger partial charge in [-0.15, -0.1) is 0 Å². The maximum absolute atomic E-state index is 12.1. The largest absolute Gasteiger partial charge is 0.467 e. The van der Waals surface area contributed by atoms with Crippen molar-refractivity contribution in [1.29, 1.82) is 0 Å². The maximum Gasteiger partial charge on any atom is 0.422 e. The van der Waals surface area contributed by atoms with Gasteiger partial charge in [0.25, 0.3) is 5.91 Å². The zero-order chi connectivity index (χ0) is 16.9. The molecule has 1 N–H and O–H groups in total. The zero-order valence-corrected chi connectivity index (χ0v) is 13.2. The first-order valence-electron chi connectivity index (χ1n) is 7.48. The summed E-state index contributed by atoms with van der Waals surface area (Å²) in [5, 5.41) is 2.64. The van der Waals surface area contributed by atoms with Crippen LogP contribution in [0.3, 0.4) is 0 Å². The van der Waals surface area contributed by atoms with E-state index in [4.69, 9.17) is 11.6 Å². The molecule has 0 saturated heterocycles. The Morgan fingerprint density at radius 2 is 2.09 bits per heavy atom. The van der Waals surface area contributed by atoms with Gasteiger partial charge in [-0.3, -0.25) is 4.79 Å². The molecule has 1 amide bonds. The third kappa shape index (κ3) is 5.89. The van der Waals surface area contributed by atoms with E-state index in [0.29, 0.717) is 12.5 Å². The van der Waals surface area contributed by atoms with Gasteiger partial charge >= 0.3 is 6.18 Å². The topological polar surface area (TPSA) is 51.2 Å². The van der Waals surface area contributed by atoms with E-state index in [9.17, 15) is 18.0 Å². The van der Waals surface area contributed by atoms with Crippen LogP contribution in [0.4, 0.5) is 13.2 Å². The van der Waals surface area contributed by atoms with Crippen LogP contribution < -0.4 is 10.1 Å². The molecule has 128 valence electrons. The van der Waals surface area contributed by atoms with Crippen LogP contribution >= 0.6 is 11.6 Å². The minimum atomic E-state index is -4.47. The Bertz CT molecular complexity index is 546. The number of hydrogen-bond donors (Lipinski definition) is 1. The molecule has 0 aliphatic heterocycles. The van der Waals surface area contributed by atoms with Gasteiger partial charge in [0.05, 0.1) is 5.56 Å². The summed E-state index contributed by atoms with van der Waals surface area (Å²) >= 11 is 5.81. The second kappa shape index (κ2) is 7.86. The minimum absolute atomic E-state index is 0.127. The van der Waals surface area contributed by atoms with E-state index in [1.807, 2.05) is 0 Å². The minimum Gasteiger partial charge on any atom is -0.467 e. The summed E-state index contributed by atoms with van der Waals surface area (Å²) in [6.45, 7) is -0.917. The van der Waals surface area contributed by atoms with Crippen molar-refractivity contribution in [2.75, 3.05) is 13.2 Å². The molecule has 1 aliphatic carbocycles. The number of nitrogens with zero attached hydrogens (tertiary/aromatic N) is 1. The number of hydrogen-bond acceptors (Lipinski definition) is 3. The SMILES string of the molecule is O=C(NCCC1CCCC1)c1cnc(OCC(F)(F)F)c(Cl)c1. The molecule has 0 radical (unpaired) electrons. The van der Waals surface area contributed by atoms with Gasteiger partial charge in [0, 0.05) is 12.7 Å². The lowest BCUT2D eigenvalue weighted by Crippen LogP contribution is -2.26. The third-order valence-corrected chi connectivity index (χ3v) is 4.03. The predicted molar refractivity (Wildman–Crippen MR) is 79.7 cm³/mol. The molecule has 0 bridgehead atoms. The molecule has 0 spiro atoms. The second-order valence-corrected chi connectivity index (χ2v) is 6.02. The number of pyridine rings is 1. The Morgan fingerprint density at radius 1 is 1.39 bits per heavy atom. The summed E-state index contributed by atoms with van der Waals surface area (Å²) in [4.78, 5) is 15.6. The summed E-state index contributed by atoms with van der Waals surface area (Å²) in [5.74, 6) is -0.0265. The Balaban J connectivity index is 1.84. The fraction of sp³-hybridized carbons (Fsp3) is 0.600. The Morgan fingerprint density at radius 3 is 2.70 bits per heavy atom. The van der Waals surface area contributed by atoms with E-state index in [-0.39, 0.29) is 22.4 Å². The van der Waals surface area contributed by atoms with E-state index < -0.39 is 12.8 Å². The quantitative estimate of drug-likeness (QED) is 0.844. The van der Waals surface area contributed by atoms with Crippen molar-refractivity contribution in [2.45, 2.75) is 38.3 Å². The van der Waals surface area contributed by atoms with E-state index in [0.717, 1.165) is 12.6 Å². The fourth-order valence-electron chi connectivity index (χ4n) is 2.60. The first-order valence-corrected chi connectivity index (χ1v) is 7.86. The number of halogens is 4. The molecule has 1 aromatic rings. The van der Waals surface area contributed by atoms with E-state index in [1.165, 1.54) is 31.7 Å². The highest BCUT2D eigenvalue weighted by Crippen LogP contribution is 2.27. The average Bonchev–Trinajstić information content (AvgIpc) is 2.98. The summed E-state index contributed by atoms with van der Waals surface area (Å²) in [5.41, 5.74) is 0.195. The average molecular weight is 351 g/mol. The van der Waals surface area contributed by atoms with Gasteiger partial charge in [0.1, 0.15) is 5.02 Å². The van der Waals surface area contributed by atoms with Crippen LogP contribution in [0.1, 0.15) is 42.5 Å². The Hall–Kier alpha value is -1.50. The van der Waals surface area contributed by atoms with Gasteiger partial charge in [-0.2, -0.15) is 13.2 Å². The molecular formula is C15H18ClF3N2O2. The molecule has 1 heterocycles.